The van der Waals surface area contributed by atoms with Crippen LogP contribution >= 0.6 is 0 Å². The Hall–Kier alpha value is -3.89. The van der Waals surface area contributed by atoms with E-state index in [4.69, 9.17) is 4.52 Å². The summed E-state index contributed by atoms with van der Waals surface area (Å²) in [4.78, 5) is 6.32. The molecule has 0 N–H and O–H groups in total. The third kappa shape index (κ3) is 4.59. The molecule has 5 rings (SSSR count). The highest BCUT2D eigenvalue weighted by atomic mass is 19.4. The van der Waals surface area contributed by atoms with Crippen molar-refractivity contribution in [2.75, 3.05) is 18.0 Å². The number of benzene rings is 2. The van der Waals surface area contributed by atoms with Crippen molar-refractivity contribution in [3.05, 3.63) is 65.9 Å². The second-order valence-electron chi connectivity index (χ2n) is 7.95. The van der Waals surface area contributed by atoms with E-state index >= 15 is 0 Å². The van der Waals surface area contributed by atoms with E-state index < -0.39 is 12.5 Å². The fourth-order valence-corrected chi connectivity index (χ4v) is 3.76. The van der Waals surface area contributed by atoms with Crippen molar-refractivity contribution in [3.63, 3.8) is 0 Å². The molecule has 2 aromatic carbocycles. The molecule has 1 aliphatic heterocycles. The van der Waals surface area contributed by atoms with Crippen LogP contribution in [0, 0.1) is 6.92 Å². The number of hydrogen-bond acceptors (Lipinski definition) is 6. The van der Waals surface area contributed by atoms with Crippen LogP contribution in [0.25, 0.3) is 23.0 Å². The maximum Gasteiger partial charge on any atom is 0.573 e. The molecule has 2 aromatic heterocycles. The number of halogens is 4. The lowest BCUT2D eigenvalue weighted by atomic mass is 10.1. The Morgan fingerprint density at radius 2 is 1.82 bits per heavy atom. The summed E-state index contributed by atoms with van der Waals surface area (Å²) in [6.45, 7) is 3.15. The first-order valence-electron chi connectivity index (χ1n) is 10.5. The fourth-order valence-electron chi connectivity index (χ4n) is 3.76. The van der Waals surface area contributed by atoms with Crippen LogP contribution < -0.4 is 9.64 Å². The number of aromatic nitrogens is 4. The van der Waals surface area contributed by atoms with Gasteiger partial charge >= 0.3 is 6.36 Å². The summed E-state index contributed by atoms with van der Waals surface area (Å²) >= 11 is 0. The molecule has 0 saturated carbocycles. The van der Waals surface area contributed by atoms with Crippen molar-refractivity contribution in [2.24, 2.45) is 0 Å². The van der Waals surface area contributed by atoms with Gasteiger partial charge in [0.25, 0.3) is 5.89 Å². The van der Waals surface area contributed by atoms with Gasteiger partial charge in [0.15, 0.2) is 5.69 Å². The molecule has 4 aromatic rings. The Balaban J connectivity index is 1.34. The number of anilines is 1. The highest BCUT2D eigenvalue weighted by molar-refractivity contribution is 5.59. The van der Waals surface area contributed by atoms with E-state index in [0.717, 1.165) is 16.9 Å². The van der Waals surface area contributed by atoms with Gasteiger partial charge in [-0.05, 0) is 48.9 Å². The van der Waals surface area contributed by atoms with Gasteiger partial charge < -0.3 is 14.2 Å². The van der Waals surface area contributed by atoms with E-state index in [1.807, 2.05) is 36.1 Å². The molecule has 0 amide bonds. The highest BCUT2D eigenvalue weighted by Gasteiger charge is 2.31. The van der Waals surface area contributed by atoms with Gasteiger partial charge in [0, 0.05) is 16.9 Å². The standard InChI is InChI=1S/C23H19F4N5O2/c1-14-10-19(29-32(14)11-16-4-2-3-5-20(16)31-12-17(24)13-31)22-28-21(30-34-22)15-6-8-18(9-7-15)33-23(25,26)27/h2-10,17H,11-13H2,1H3. The molecule has 0 unspecified atom stereocenters. The Labute approximate surface area is 191 Å². The number of hydrogen-bond donors (Lipinski definition) is 0. The lowest BCUT2D eigenvalue weighted by molar-refractivity contribution is -0.274. The van der Waals surface area contributed by atoms with E-state index in [9.17, 15) is 17.6 Å². The first kappa shape index (κ1) is 21.9. The van der Waals surface area contributed by atoms with Gasteiger partial charge in [-0.2, -0.15) is 10.1 Å². The molecule has 0 spiro atoms. The molecule has 1 saturated heterocycles. The first-order valence-corrected chi connectivity index (χ1v) is 10.5. The largest absolute Gasteiger partial charge is 0.573 e. The molecule has 11 heteroatoms. The second-order valence-corrected chi connectivity index (χ2v) is 7.95. The monoisotopic (exact) mass is 473 g/mol. The van der Waals surface area contributed by atoms with E-state index in [1.165, 1.54) is 24.3 Å². The van der Waals surface area contributed by atoms with Crippen molar-refractivity contribution in [2.45, 2.75) is 26.0 Å². The quantitative estimate of drug-likeness (QED) is 0.367. The average Bonchev–Trinajstić information content (AvgIpc) is 3.39. The summed E-state index contributed by atoms with van der Waals surface area (Å²) in [6.07, 6.45) is -5.56. The lowest BCUT2D eigenvalue weighted by Gasteiger charge is -2.37. The number of nitrogens with zero attached hydrogens (tertiary/aromatic N) is 5. The predicted molar refractivity (Wildman–Crippen MR) is 115 cm³/mol. The minimum Gasteiger partial charge on any atom is -0.406 e. The molecule has 0 radical (unpaired) electrons. The molecule has 34 heavy (non-hydrogen) atoms. The molecule has 3 heterocycles. The third-order valence-electron chi connectivity index (χ3n) is 5.46. The number of ether oxygens (including phenoxy) is 1. The van der Waals surface area contributed by atoms with Gasteiger partial charge in [-0.15, -0.1) is 13.2 Å². The Morgan fingerprint density at radius 3 is 2.53 bits per heavy atom. The fraction of sp³-hybridized carbons (Fsp3) is 0.261. The Kier molecular flexibility index (Phi) is 5.46. The van der Waals surface area contributed by atoms with Crippen molar-refractivity contribution in [1.82, 2.24) is 19.9 Å². The lowest BCUT2D eigenvalue weighted by Crippen LogP contribution is -2.48. The van der Waals surface area contributed by atoms with Crippen LogP contribution in [0.1, 0.15) is 11.3 Å². The van der Waals surface area contributed by atoms with E-state index in [0.29, 0.717) is 30.9 Å². The van der Waals surface area contributed by atoms with Crippen LogP contribution in [-0.4, -0.2) is 45.5 Å². The van der Waals surface area contributed by atoms with Gasteiger partial charge in [0.2, 0.25) is 5.82 Å². The topological polar surface area (TPSA) is 69.2 Å². The number of rotatable bonds is 6. The molecule has 1 aliphatic rings. The number of para-hydroxylation sites is 1. The van der Waals surface area contributed by atoms with Crippen LogP contribution in [0.2, 0.25) is 0 Å². The van der Waals surface area contributed by atoms with Crippen LogP contribution in [0.3, 0.4) is 0 Å². The molecule has 0 aliphatic carbocycles. The van der Waals surface area contributed by atoms with Crippen molar-refractivity contribution < 1.29 is 26.8 Å². The average molecular weight is 473 g/mol. The molecule has 0 bridgehead atoms. The Bertz CT molecular complexity index is 1290. The maximum atomic E-state index is 13.3. The summed E-state index contributed by atoms with van der Waals surface area (Å²) in [5, 5.41) is 8.49. The van der Waals surface area contributed by atoms with Crippen molar-refractivity contribution in [3.8, 4) is 28.7 Å². The minimum atomic E-state index is -4.76. The van der Waals surface area contributed by atoms with Gasteiger partial charge in [-0.1, -0.05) is 23.4 Å². The summed E-state index contributed by atoms with van der Waals surface area (Å²) in [5.41, 5.74) is 3.80. The zero-order valence-electron chi connectivity index (χ0n) is 18.0. The number of aryl methyl sites for hydroxylation is 1. The number of alkyl halides is 4. The van der Waals surface area contributed by atoms with E-state index in [2.05, 4.69) is 20.0 Å². The second kappa shape index (κ2) is 8.47. The van der Waals surface area contributed by atoms with Gasteiger partial charge in [-0.25, -0.2) is 4.39 Å². The van der Waals surface area contributed by atoms with E-state index in [1.54, 1.807) is 10.7 Å². The van der Waals surface area contributed by atoms with Crippen LogP contribution in [0.4, 0.5) is 23.2 Å². The zero-order chi connectivity index (χ0) is 23.9. The predicted octanol–water partition coefficient (Wildman–Crippen LogP) is 5.01. The van der Waals surface area contributed by atoms with Crippen molar-refractivity contribution >= 4 is 5.69 Å². The zero-order valence-corrected chi connectivity index (χ0v) is 18.0. The first-order chi connectivity index (χ1) is 16.2. The normalized spacial score (nSPS) is 14.3. The van der Waals surface area contributed by atoms with Gasteiger partial charge in [0.1, 0.15) is 11.9 Å². The molecule has 1 fully saturated rings. The Morgan fingerprint density at radius 1 is 1.09 bits per heavy atom. The van der Waals surface area contributed by atoms with Crippen molar-refractivity contribution in [1.29, 1.82) is 0 Å². The summed E-state index contributed by atoms with van der Waals surface area (Å²) in [6, 6.07) is 14.8. The van der Waals surface area contributed by atoms with Crippen LogP contribution in [0.5, 0.6) is 5.75 Å². The molecule has 0 atom stereocenters. The molecule has 176 valence electrons. The minimum absolute atomic E-state index is 0.184. The van der Waals surface area contributed by atoms with Gasteiger partial charge in [-0.3, -0.25) is 4.68 Å². The molecular formula is C23H19F4N5O2. The summed E-state index contributed by atoms with van der Waals surface area (Å²) < 4.78 is 61.4. The smallest absolute Gasteiger partial charge is 0.406 e. The summed E-state index contributed by atoms with van der Waals surface area (Å²) in [5.74, 6) is 0.0586. The maximum absolute atomic E-state index is 13.3. The van der Waals surface area contributed by atoms with Gasteiger partial charge in [0.05, 0.1) is 19.6 Å². The van der Waals surface area contributed by atoms with Crippen LogP contribution in [-0.2, 0) is 6.54 Å². The highest BCUT2D eigenvalue weighted by Crippen LogP contribution is 2.29. The summed E-state index contributed by atoms with van der Waals surface area (Å²) in [7, 11) is 0. The SMILES string of the molecule is Cc1cc(-c2nc(-c3ccc(OC(F)(F)F)cc3)no2)nn1Cc1ccccc1N1CC(F)C1. The van der Waals surface area contributed by atoms with E-state index in [-0.39, 0.29) is 17.5 Å². The molecule has 7 nitrogen and oxygen atoms in total. The molecular weight excluding hydrogens is 454 g/mol. The third-order valence-corrected chi connectivity index (χ3v) is 5.46. The van der Waals surface area contributed by atoms with Crippen LogP contribution in [0.15, 0.2) is 59.1 Å².